The summed E-state index contributed by atoms with van der Waals surface area (Å²) >= 11 is 1.44. The van der Waals surface area contributed by atoms with E-state index in [9.17, 15) is 14.0 Å². The van der Waals surface area contributed by atoms with Crippen LogP contribution in [0.4, 0.5) is 15.8 Å². The van der Waals surface area contributed by atoms with Gasteiger partial charge in [0.15, 0.2) is 0 Å². The van der Waals surface area contributed by atoms with Crippen LogP contribution in [0.5, 0.6) is 0 Å². The number of carbonyl (C=O) groups is 2. The molecule has 1 aromatic carbocycles. The van der Waals surface area contributed by atoms with E-state index in [0.717, 1.165) is 17.7 Å². The maximum Gasteiger partial charge on any atom is 0.265 e. The van der Waals surface area contributed by atoms with Gasteiger partial charge in [0, 0.05) is 17.5 Å². The van der Waals surface area contributed by atoms with E-state index in [1.54, 1.807) is 0 Å². The Hall–Kier alpha value is -2.21. The number of nitrogens with one attached hydrogen (secondary N) is 2. The summed E-state index contributed by atoms with van der Waals surface area (Å²) in [6, 6.07) is 5.98. The van der Waals surface area contributed by atoms with Gasteiger partial charge in [-0.05, 0) is 43.2 Å². The van der Waals surface area contributed by atoms with Crippen molar-refractivity contribution in [2.45, 2.75) is 33.6 Å². The summed E-state index contributed by atoms with van der Waals surface area (Å²) in [4.78, 5) is 25.1. The number of rotatable bonds is 5. The number of benzene rings is 1. The standard InChI is InChI=1S/C17H19FN2O2S/c1-4-5-12-8-16(23-10(12)2)17(22)20-13-6-7-14(18)15(9-13)19-11(3)21/h6-9H,4-5H2,1-3H3,(H,19,21)(H,20,22). The van der Waals surface area contributed by atoms with Crippen molar-refractivity contribution in [3.8, 4) is 0 Å². The zero-order chi connectivity index (χ0) is 17.0. The first-order valence-electron chi connectivity index (χ1n) is 7.38. The van der Waals surface area contributed by atoms with E-state index in [-0.39, 0.29) is 17.5 Å². The summed E-state index contributed by atoms with van der Waals surface area (Å²) in [6.45, 7) is 5.40. The van der Waals surface area contributed by atoms with Crippen LogP contribution in [0.25, 0.3) is 0 Å². The molecule has 0 radical (unpaired) electrons. The van der Waals surface area contributed by atoms with Crippen molar-refractivity contribution < 1.29 is 14.0 Å². The summed E-state index contributed by atoms with van der Waals surface area (Å²) < 4.78 is 13.6. The third-order valence-electron chi connectivity index (χ3n) is 3.30. The molecule has 0 atom stereocenters. The molecule has 0 saturated carbocycles. The van der Waals surface area contributed by atoms with Gasteiger partial charge in [-0.15, -0.1) is 11.3 Å². The fraction of sp³-hybridized carbons (Fsp3) is 0.294. The van der Waals surface area contributed by atoms with Gasteiger partial charge in [0.25, 0.3) is 5.91 Å². The average molecular weight is 334 g/mol. The Kier molecular flexibility index (Phi) is 5.50. The molecule has 0 aliphatic heterocycles. The Bertz CT molecular complexity index is 740. The molecule has 0 fully saturated rings. The molecule has 2 aromatic rings. The van der Waals surface area contributed by atoms with Crippen LogP contribution in [0.1, 0.15) is 40.4 Å². The van der Waals surface area contributed by atoms with Gasteiger partial charge in [-0.3, -0.25) is 9.59 Å². The smallest absolute Gasteiger partial charge is 0.265 e. The summed E-state index contributed by atoms with van der Waals surface area (Å²) in [5, 5.41) is 5.13. The number of amides is 2. The number of halogens is 1. The van der Waals surface area contributed by atoms with Gasteiger partial charge >= 0.3 is 0 Å². The van der Waals surface area contributed by atoms with Crippen LogP contribution < -0.4 is 10.6 Å². The molecule has 23 heavy (non-hydrogen) atoms. The van der Waals surface area contributed by atoms with Crippen molar-refractivity contribution in [1.29, 1.82) is 0 Å². The van der Waals surface area contributed by atoms with Crippen LogP contribution in [0.15, 0.2) is 24.3 Å². The number of hydrogen-bond donors (Lipinski definition) is 2. The number of thiophene rings is 1. The predicted molar refractivity (Wildman–Crippen MR) is 91.7 cm³/mol. The van der Waals surface area contributed by atoms with Gasteiger partial charge in [-0.1, -0.05) is 13.3 Å². The summed E-state index contributed by atoms with van der Waals surface area (Å²) in [6.07, 6.45) is 1.97. The lowest BCUT2D eigenvalue weighted by Crippen LogP contribution is -2.12. The summed E-state index contributed by atoms with van der Waals surface area (Å²) in [5.74, 6) is -1.15. The van der Waals surface area contributed by atoms with Crippen molar-refractivity contribution in [3.63, 3.8) is 0 Å². The van der Waals surface area contributed by atoms with Crippen LogP contribution in [0.3, 0.4) is 0 Å². The number of anilines is 2. The first-order chi connectivity index (χ1) is 10.9. The Morgan fingerprint density at radius 3 is 2.61 bits per heavy atom. The van der Waals surface area contributed by atoms with Crippen LogP contribution in [0.2, 0.25) is 0 Å². The first kappa shape index (κ1) is 17.1. The van der Waals surface area contributed by atoms with Crippen LogP contribution in [-0.4, -0.2) is 11.8 Å². The second kappa shape index (κ2) is 7.37. The fourth-order valence-electron chi connectivity index (χ4n) is 2.23. The Morgan fingerprint density at radius 2 is 1.96 bits per heavy atom. The highest BCUT2D eigenvalue weighted by atomic mass is 32.1. The normalized spacial score (nSPS) is 10.4. The van der Waals surface area contributed by atoms with Crippen molar-refractivity contribution in [2.24, 2.45) is 0 Å². The van der Waals surface area contributed by atoms with E-state index in [2.05, 4.69) is 17.6 Å². The average Bonchev–Trinajstić information content (AvgIpc) is 2.84. The topological polar surface area (TPSA) is 58.2 Å². The molecule has 0 bridgehead atoms. The Balaban J connectivity index is 2.16. The molecule has 0 aliphatic carbocycles. The fourth-order valence-corrected chi connectivity index (χ4v) is 3.20. The molecule has 4 nitrogen and oxygen atoms in total. The molecule has 2 rings (SSSR count). The van der Waals surface area contributed by atoms with Crippen molar-refractivity contribution >= 4 is 34.5 Å². The predicted octanol–water partition coefficient (Wildman–Crippen LogP) is 4.36. The van der Waals surface area contributed by atoms with Crippen LogP contribution in [0, 0.1) is 12.7 Å². The SMILES string of the molecule is CCCc1cc(C(=O)Nc2ccc(F)c(NC(C)=O)c2)sc1C. The largest absolute Gasteiger partial charge is 0.324 e. The third kappa shape index (κ3) is 4.39. The monoisotopic (exact) mass is 334 g/mol. The van der Waals surface area contributed by atoms with Gasteiger partial charge in [0.2, 0.25) is 5.91 Å². The number of aryl methyl sites for hydroxylation is 2. The molecule has 0 spiro atoms. The molecule has 1 aromatic heterocycles. The lowest BCUT2D eigenvalue weighted by atomic mass is 10.1. The molecule has 6 heteroatoms. The van der Waals surface area contributed by atoms with E-state index < -0.39 is 5.82 Å². The van der Waals surface area contributed by atoms with Crippen LogP contribution in [-0.2, 0) is 11.2 Å². The van der Waals surface area contributed by atoms with E-state index in [4.69, 9.17) is 0 Å². The minimum Gasteiger partial charge on any atom is -0.324 e. The second-order valence-electron chi connectivity index (χ2n) is 5.27. The molecule has 0 unspecified atom stereocenters. The minimum atomic E-state index is -0.546. The highest BCUT2D eigenvalue weighted by Crippen LogP contribution is 2.25. The first-order valence-corrected chi connectivity index (χ1v) is 8.20. The lowest BCUT2D eigenvalue weighted by Gasteiger charge is -2.08. The summed E-state index contributed by atoms with van der Waals surface area (Å²) in [5.41, 5.74) is 1.66. The van der Waals surface area contributed by atoms with Gasteiger partial charge in [0.05, 0.1) is 10.6 Å². The minimum absolute atomic E-state index is 0.0457. The molecular weight excluding hydrogens is 315 g/mol. The van der Waals surface area contributed by atoms with Crippen molar-refractivity contribution in [1.82, 2.24) is 0 Å². The zero-order valence-electron chi connectivity index (χ0n) is 13.3. The lowest BCUT2D eigenvalue weighted by molar-refractivity contribution is -0.114. The molecule has 0 saturated heterocycles. The maximum absolute atomic E-state index is 13.6. The molecule has 2 N–H and O–H groups in total. The molecule has 1 heterocycles. The highest BCUT2D eigenvalue weighted by molar-refractivity contribution is 7.14. The molecule has 2 amide bonds. The van der Waals surface area contributed by atoms with Gasteiger partial charge < -0.3 is 10.6 Å². The van der Waals surface area contributed by atoms with E-state index in [1.807, 2.05) is 13.0 Å². The zero-order valence-corrected chi connectivity index (χ0v) is 14.1. The van der Waals surface area contributed by atoms with Crippen LogP contribution >= 0.6 is 11.3 Å². The van der Waals surface area contributed by atoms with E-state index in [1.165, 1.54) is 42.0 Å². The quantitative estimate of drug-likeness (QED) is 0.853. The molecular formula is C17H19FN2O2S. The Morgan fingerprint density at radius 1 is 1.22 bits per heavy atom. The molecule has 0 aliphatic rings. The van der Waals surface area contributed by atoms with Gasteiger partial charge in [-0.25, -0.2) is 4.39 Å². The van der Waals surface area contributed by atoms with Crippen molar-refractivity contribution in [3.05, 3.63) is 45.4 Å². The van der Waals surface area contributed by atoms with Gasteiger partial charge in [-0.2, -0.15) is 0 Å². The molecule has 122 valence electrons. The highest BCUT2D eigenvalue weighted by Gasteiger charge is 2.13. The number of hydrogen-bond acceptors (Lipinski definition) is 3. The third-order valence-corrected chi connectivity index (χ3v) is 4.39. The van der Waals surface area contributed by atoms with E-state index in [0.29, 0.717) is 10.6 Å². The maximum atomic E-state index is 13.6. The Labute approximate surface area is 138 Å². The van der Waals surface area contributed by atoms with Crippen molar-refractivity contribution in [2.75, 3.05) is 10.6 Å². The second-order valence-corrected chi connectivity index (χ2v) is 6.53. The van der Waals surface area contributed by atoms with E-state index >= 15 is 0 Å². The van der Waals surface area contributed by atoms with Gasteiger partial charge in [0.1, 0.15) is 5.82 Å². The number of carbonyl (C=O) groups excluding carboxylic acids is 2. The summed E-state index contributed by atoms with van der Waals surface area (Å²) in [7, 11) is 0.